The molecule has 0 bridgehead atoms. The second-order valence-corrected chi connectivity index (χ2v) is 9.05. The third kappa shape index (κ3) is 10.9. The minimum atomic E-state index is -2.39. The first-order valence-electron chi connectivity index (χ1n) is 10.9. The minimum Gasteiger partial charge on any atom is -0.323 e. The second-order valence-electron chi connectivity index (χ2n) is 5.99. The summed E-state index contributed by atoms with van der Waals surface area (Å²) in [5, 5.41) is 0. The van der Waals surface area contributed by atoms with Crippen LogP contribution in [0.4, 0.5) is 0 Å². The van der Waals surface area contributed by atoms with E-state index in [9.17, 15) is 4.57 Å². The monoisotopic (exact) mass is 410 g/mol. The van der Waals surface area contributed by atoms with Gasteiger partial charge in [0.05, 0.1) is 0 Å². The van der Waals surface area contributed by atoms with Crippen LogP contribution in [0.15, 0.2) is 91.0 Å². The van der Waals surface area contributed by atoms with Gasteiger partial charge in [-0.1, -0.05) is 133 Å². The third-order valence-electron chi connectivity index (χ3n) is 3.94. The molecule has 3 aromatic rings. The molecule has 0 saturated heterocycles. The molecule has 3 rings (SSSR count). The van der Waals surface area contributed by atoms with Crippen LogP contribution in [0.2, 0.25) is 0 Å². The average Bonchev–Trinajstić information content (AvgIpc) is 2.80. The summed E-state index contributed by atoms with van der Waals surface area (Å²) in [5.41, 5.74) is 3.47. The zero-order chi connectivity index (χ0) is 22.0. The quantitative estimate of drug-likeness (QED) is 0.370. The molecule has 0 aliphatic rings. The summed E-state index contributed by atoms with van der Waals surface area (Å²) in [6.07, 6.45) is 1.95. The van der Waals surface area contributed by atoms with Crippen LogP contribution in [0.3, 0.4) is 0 Å². The summed E-state index contributed by atoms with van der Waals surface area (Å²) in [6, 6.07) is 30.6. The second kappa shape index (κ2) is 16.8. The van der Waals surface area contributed by atoms with E-state index in [1.54, 1.807) is 0 Å². The summed E-state index contributed by atoms with van der Waals surface area (Å²) in [6.45, 7) is 12.0. The highest BCUT2D eigenvalue weighted by Crippen LogP contribution is 2.55. The summed E-state index contributed by atoms with van der Waals surface area (Å²) in [4.78, 5) is 0. The van der Waals surface area contributed by atoms with Crippen molar-refractivity contribution in [2.45, 2.75) is 60.0 Å². The Morgan fingerprint density at radius 1 is 0.448 bits per heavy atom. The van der Waals surface area contributed by atoms with Gasteiger partial charge in [-0.25, -0.2) is 0 Å². The van der Waals surface area contributed by atoms with E-state index in [1.165, 1.54) is 0 Å². The highest BCUT2D eigenvalue weighted by Gasteiger charge is 2.23. The van der Waals surface area contributed by atoms with Crippen molar-refractivity contribution in [3.8, 4) is 0 Å². The molecule has 2 heteroatoms. The lowest BCUT2D eigenvalue weighted by Gasteiger charge is -2.19. The van der Waals surface area contributed by atoms with Gasteiger partial charge in [-0.3, -0.25) is 0 Å². The van der Waals surface area contributed by atoms with E-state index in [4.69, 9.17) is 0 Å². The van der Waals surface area contributed by atoms with Crippen molar-refractivity contribution >= 4 is 7.14 Å². The highest BCUT2D eigenvalue weighted by atomic mass is 31.2. The van der Waals surface area contributed by atoms with E-state index in [1.807, 2.05) is 96.1 Å². The van der Waals surface area contributed by atoms with Gasteiger partial charge in [0.2, 0.25) is 0 Å². The predicted molar refractivity (Wildman–Crippen MR) is 132 cm³/mol. The lowest BCUT2D eigenvalue weighted by molar-refractivity contribution is 0.572. The lowest BCUT2D eigenvalue weighted by atomic mass is 10.2. The molecule has 0 radical (unpaired) electrons. The molecule has 158 valence electrons. The van der Waals surface area contributed by atoms with Crippen LogP contribution in [0.5, 0.6) is 0 Å². The van der Waals surface area contributed by atoms with E-state index in [2.05, 4.69) is 36.4 Å². The molecule has 0 heterocycles. The minimum absolute atomic E-state index is 0.650. The Hall–Kier alpha value is -2.11. The molecule has 0 aliphatic heterocycles. The Labute approximate surface area is 179 Å². The van der Waals surface area contributed by atoms with Gasteiger partial charge in [0, 0.05) is 18.5 Å². The van der Waals surface area contributed by atoms with Gasteiger partial charge in [-0.05, 0) is 16.7 Å². The molecule has 0 atom stereocenters. The van der Waals surface area contributed by atoms with E-state index in [0.717, 1.165) is 16.7 Å². The first-order chi connectivity index (χ1) is 14.2. The molecule has 0 amide bonds. The maximum atomic E-state index is 13.7. The van der Waals surface area contributed by atoms with Gasteiger partial charge in [0.1, 0.15) is 7.14 Å². The van der Waals surface area contributed by atoms with Gasteiger partial charge in [-0.2, -0.15) is 0 Å². The molecule has 0 spiro atoms. The first-order valence-corrected chi connectivity index (χ1v) is 13.2. The average molecular weight is 411 g/mol. The standard InChI is InChI=1S/C21H21OP.3C2H6/c22-23(16-19-10-4-1-5-11-19,17-20-12-6-2-7-13-20)18-21-14-8-3-9-15-21;3*1-2/h1-15H,16-18H2;3*1-2H3. The van der Waals surface area contributed by atoms with E-state index in [0.29, 0.717) is 18.5 Å². The van der Waals surface area contributed by atoms with E-state index < -0.39 is 7.14 Å². The van der Waals surface area contributed by atoms with Crippen molar-refractivity contribution in [2.24, 2.45) is 0 Å². The van der Waals surface area contributed by atoms with Gasteiger partial charge in [0.15, 0.2) is 0 Å². The SMILES string of the molecule is CC.CC.CC.O=P(Cc1ccccc1)(Cc1ccccc1)Cc1ccccc1. The fraction of sp³-hybridized carbons (Fsp3) is 0.333. The third-order valence-corrected chi connectivity index (χ3v) is 6.77. The van der Waals surface area contributed by atoms with E-state index >= 15 is 0 Å². The summed E-state index contributed by atoms with van der Waals surface area (Å²) < 4.78 is 13.7. The highest BCUT2D eigenvalue weighted by molar-refractivity contribution is 7.61. The Morgan fingerprint density at radius 2 is 0.655 bits per heavy atom. The van der Waals surface area contributed by atoms with Gasteiger partial charge < -0.3 is 4.57 Å². The van der Waals surface area contributed by atoms with Crippen LogP contribution >= 0.6 is 7.14 Å². The van der Waals surface area contributed by atoms with Crippen LogP contribution in [0.1, 0.15) is 58.2 Å². The Balaban J connectivity index is 0.00000120. The molecule has 3 aromatic carbocycles. The fourth-order valence-corrected chi connectivity index (χ4v) is 5.88. The van der Waals surface area contributed by atoms with Crippen LogP contribution in [0.25, 0.3) is 0 Å². The summed E-state index contributed by atoms with van der Waals surface area (Å²) >= 11 is 0. The molecular weight excluding hydrogens is 371 g/mol. The largest absolute Gasteiger partial charge is 0.323 e. The normalized spacial score (nSPS) is 9.59. The fourth-order valence-electron chi connectivity index (χ4n) is 2.92. The van der Waals surface area contributed by atoms with Crippen molar-refractivity contribution in [3.63, 3.8) is 0 Å². The zero-order valence-corrected chi connectivity index (χ0v) is 20.0. The number of hydrogen-bond acceptors (Lipinski definition) is 1. The lowest BCUT2D eigenvalue weighted by Crippen LogP contribution is -1.97. The van der Waals surface area contributed by atoms with Crippen molar-refractivity contribution in [1.29, 1.82) is 0 Å². The van der Waals surface area contributed by atoms with Gasteiger partial charge >= 0.3 is 0 Å². The Bertz CT molecular complexity index is 659. The molecular formula is C27H39OP. The van der Waals surface area contributed by atoms with Crippen molar-refractivity contribution in [3.05, 3.63) is 108 Å². The number of rotatable bonds is 6. The Kier molecular flexibility index (Phi) is 15.6. The van der Waals surface area contributed by atoms with Crippen LogP contribution in [-0.4, -0.2) is 0 Å². The molecule has 1 nitrogen and oxygen atoms in total. The smallest absolute Gasteiger partial charge is 0.100 e. The van der Waals surface area contributed by atoms with Gasteiger partial charge in [-0.15, -0.1) is 0 Å². The molecule has 29 heavy (non-hydrogen) atoms. The van der Waals surface area contributed by atoms with Crippen LogP contribution in [-0.2, 0) is 23.1 Å². The van der Waals surface area contributed by atoms with Crippen molar-refractivity contribution < 1.29 is 4.57 Å². The summed E-state index contributed by atoms with van der Waals surface area (Å²) in [5.74, 6) is 0. The van der Waals surface area contributed by atoms with Crippen molar-refractivity contribution in [2.75, 3.05) is 0 Å². The predicted octanol–water partition coefficient (Wildman–Crippen LogP) is 9.03. The first kappa shape index (κ1) is 26.9. The molecule has 0 saturated carbocycles. The van der Waals surface area contributed by atoms with Crippen LogP contribution < -0.4 is 0 Å². The zero-order valence-electron chi connectivity index (χ0n) is 19.1. The maximum absolute atomic E-state index is 13.7. The molecule has 0 aliphatic carbocycles. The molecule has 0 unspecified atom stereocenters. The van der Waals surface area contributed by atoms with Crippen LogP contribution in [0, 0.1) is 0 Å². The maximum Gasteiger partial charge on any atom is 0.100 e. The van der Waals surface area contributed by atoms with E-state index in [-0.39, 0.29) is 0 Å². The Morgan fingerprint density at radius 3 is 0.862 bits per heavy atom. The molecule has 0 N–H and O–H groups in total. The summed E-state index contributed by atoms with van der Waals surface area (Å²) in [7, 11) is -2.39. The van der Waals surface area contributed by atoms with Gasteiger partial charge in [0.25, 0.3) is 0 Å². The van der Waals surface area contributed by atoms with Crippen molar-refractivity contribution in [1.82, 2.24) is 0 Å². The number of hydrogen-bond donors (Lipinski definition) is 0. The molecule has 0 fully saturated rings. The molecule has 0 aromatic heterocycles. The topological polar surface area (TPSA) is 17.1 Å². The number of benzene rings is 3.